The number of carbonyl (C=O) groups is 1. The van der Waals surface area contributed by atoms with Crippen molar-refractivity contribution in [3.63, 3.8) is 0 Å². The lowest BCUT2D eigenvalue weighted by Gasteiger charge is -2.29. The van der Waals surface area contributed by atoms with Crippen molar-refractivity contribution in [3.8, 4) is 0 Å². The highest BCUT2D eigenvalue weighted by molar-refractivity contribution is 5.72. The predicted molar refractivity (Wildman–Crippen MR) is 64.9 cm³/mol. The molecule has 2 fully saturated rings. The summed E-state index contributed by atoms with van der Waals surface area (Å²) in [5, 5.41) is 12.8. The van der Waals surface area contributed by atoms with Crippen molar-refractivity contribution in [2.75, 3.05) is 20.3 Å². The van der Waals surface area contributed by atoms with Crippen molar-refractivity contribution < 1.29 is 14.6 Å². The van der Waals surface area contributed by atoms with E-state index in [1.165, 1.54) is 6.42 Å². The molecule has 2 aliphatic carbocycles. The van der Waals surface area contributed by atoms with Crippen LogP contribution in [0.15, 0.2) is 0 Å². The number of unbranched alkanes of at least 4 members (excludes halogenated alkanes) is 1. The lowest BCUT2D eigenvalue weighted by atomic mass is 9.84. The molecule has 0 aromatic heterocycles. The van der Waals surface area contributed by atoms with E-state index >= 15 is 0 Å². The van der Waals surface area contributed by atoms with Gasteiger partial charge in [0.15, 0.2) is 0 Å². The zero-order valence-electron chi connectivity index (χ0n) is 10.5. The van der Waals surface area contributed by atoms with Gasteiger partial charge in [-0.3, -0.25) is 4.79 Å². The predicted octanol–water partition coefficient (Wildman–Crippen LogP) is 1.50. The maximum atomic E-state index is 11.3. The van der Waals surface area contributed by atoms with Gasteiger partial charge in [0, 0.05) is 19.8 Å². The molecule has 4 atom stereocenters. The van der Waals surface area contributed by atoms with Crippen LogP contribution >= 0.6 is 0 Å². The SMILES string of the molecule is COCCCCNC1C2CCC(C2)C1C(=O)O. The summed E-state index contributed by atoms with van der Waals surface area (Å²) in [7, 11) is 1.71. The van der Waals surface area contributed by atoms with E-state index in [2.05, 4.69) is 5.32 Å². The van der Waals surface area contributed by atoms with Crippen molar-refractivity contribution in [3.05, 3.63) is 0 Å². The minimum Gasteiger partial charge on any atom is -0.481 e. The van der Waals surface area contributed by atoms with Gasteiger partial charge in [0.25, 0.3) is 0 Å². The highest BCUT2D eigenvalue weighted by Gasteiger charge is 2.50. The molecule has 0 radical (unpaired) electrons. The van der Waals surface area contributed by atoms with E-state index in [1.54, 1.807) is 7.11 Å². The molecule has 2 rings (SSSR count). The van der Waals surface area contributed by atoms with Crippen molar-refractivity contribution >= 4 is 5.97 Å². The molecule has 2 bridgehead atoms. The molecule has 4 unspecified atom stereocenters. The molecule has 17 heavy (non-hydrogen) atoms. The first-order chi connectivity index (χ1) is 8.24. The van der Waals surface area contributed by atoms with Gasteiger partial charge in [0.2, 0.25) is 0 Å². The van der Waals surface area contributed by atoms with E-state index in [-0.39, 0.29) is 12.0 Å². The number of rotatable bonds is 7. The normalized spacial score (nSPS) is 35.4. The molecule has 0 spiro atoms. The molecule has 0 aromatic carbocycles. The van der Waals surface area contributed by atoms with Gasteiger partial charge in [-0.1, -0.05) is 0 Å². The van der Waals surface area contributed by atoms with E-state index in [0.717, 1.165) is 38.8 Å². The highest BCUT2D eigenvalue weighted by Crippen LogP contribution is 2.48. The number of carboxylic acids is 1. The Hall–Kier alpha value is -0.610. The molecule has 2 saturated carbocycles. The average Bonchev–Trinajstić information content (AvgIpc) is 2.88. The van der Waals surface area contributed by atoms with Gasteiger partial charge >= 0.3 is 5.97 Å². The highest BCUT2D eigenvalue weighted by atomic mass is 16.5. The van der Waals surface area contributed by atoms with E-state index in [1.807, 2.05) is 0 Å². The summed E-state index contributed by atoms with van der Waals surface area (Å²) in [6.07, 6.45) is 5.55. The summed E-state index contributed by atoms with van der Waals surface area (Å²) in [4.78, 5) is 11.3. The standard InChI is InChI=1S/C13H23NO3/c1-17-7-3-2-6-14-12-10-5-4-9(8-10)11(12)13(15)16/h9-12,14H,2-8H2,1H3,(H,15,16). The third kappa shape index (κ3) is 2.80. The second-order valence-corrected chi connectivity index (χ2v) is 5.38. The number of aliphatic carboxylic acids is 1. The molecule has 4 heteroatoms. The Balaban J connectivity index is 1.77. The summed E-state index contributed by atoms with van der Waals surface area (Å²) in [5.74, 6) is 0.278. The van der Waals surface area contributed by atoms with Gasteiger partial charge in [-0.15, -0.1) is 0 Å². The molecule has 2 aliphatic rings. The van der Waals surface area contributed by atoms with E-state index in [9.17, 15) is 9.90 Å². The number of carboxylic acid groups (broad SMARTS) is 1. The number of fused-ring (bicyclic) bond motifs is 2. The van der Waals surface area contributed by atoms with E-state index in [4.69, 9.17) is 4.74 Å². The quantitative estimate of drug-likeness (QED) is 0.663. The fourth-order valence-corrected chi connectivity index (χ4v) is 3.58. The summed E-state index contributed by atoms with van der Waals surface area (Å²) in [6.45, 7) is 1.71. The molecule has 0 heterocycles. The van der Waals surface area contributed by atoms with Crippen LogP contribution in [0.25, 0.3) is 0 Å². The number of ether oxygens (including phenoxy) is 1. The van der Waals surface area contributed by atoms with E-state index in [0.29, 0.717) is 11.8 Å². The second kappa shape index (κ2) is 5.83. The fourth-order valence-electron chi connectivity index (χ4n) is 3.58. The largest absolute Gasteiger partial charge is 0.481 e. The first kappa shape index (κ1) is 12.8. The maximum absolute atomic E-state index is 11.3. The van der Waals surface area contributed by atoms with Crippen LogP contribution in [0.3, 0.4) is 0 Å². The first-order valence-electron chi connectivity index (χ1n) is 6.69. The van der Waals surface area contributed by atoms with Gasteiger partial charge in [-0.2, -0.15) is 0 Å². The molecule has 2 N–H and O–H groups in total. The summed E-state index contributed by atoms with van der Waals surface area (Å²) >= 11 is 0. The molecule has 98 valence electrons. The topological polar surface area (TPSA) is 58.6 Å². The number of methoxy groups -OCH3 is 1. The fraction of sp³-hybridized carbons (Fsp3) is 0.923. The van der Waals surface area contributed by atoms with Gasteiger partial charge in [-0.05, 0) is 50.5 Å². The third-order valence-corrected chi connectivity index (χ3v) is 4.36. The van der Waals surface area contributed by atoms with Gasteiger partial charge in [0.1, 0.15) is 0 Å². The Bertz CT molecular complexity index is 269. The Kier molecular flexibility index (Phi) is 4.40. The second-order valence-electron chi connectivity index (χ2n) is 5.38. The Morgan fingerprint density at radius 2 is 2.12 bits per heavy atom. The van der Waals surface area contributed by atoms with Crippen molar-refractivity contribution in [2.45, 2.75) is 38.1 Å². The molecule has 4 nitrogen and oxygen atoms in total. The lowest BCUT2D eigenvalue weighted by molar-refractivity contribution is -0.144. The molecular formula is C13H23NO3. The zero-order chi connectivity index (χ0) is 12.3. The Morgan fingerprint density at radius 1 is 1.35 bits per heavy atom. The van der Waals surface area contributed by atoms with Crippen LogP contribution in [0.1, 0.15) is 32.1 Å². The van der Waals surface area contributed by atoms with Gasteiger partial charge < -0.3 is 15.2 Å². The van der Waals surface area contributed by atoms with Crippen LogP contribution in [0.5, 0.6) is 0 Å². The Morgan fingerprint density at radius 3 is 2.82 bits per heavy atom. The maximum Gasteiger partial charge on any atom is 0.308 e. The smallest absolute Gasteiger partial charge is 0.308 e. The molecule has 0 aliphatic heterocycles. The molecule has 0 amide bonds. The molecule has 0 saturated heterocycles. The third-order valence-electron chi connectivity index (χ3n) is 4.36. The lowest BCUT2D eigenvalue weighted by Crippen LogP contribution is -2.44. The number of hydrogen-bond donors (Lipinski definition) is 2. The van der Waals surface area contributed by atoms with Crippen LogP contribution in [0.4, 0.5) is 0 Å². The van der Waals surface area contributed by atoms with Gasteiger partial charge in [0.05, 0.1) is 5.92 Å². The zero-order valence-corrected chi connectivity index (χ0v) is 10.5. The number of hydrogen-bond acceptors (Lipinski definition) is 3. The molecular weight excluding hydrogens is 218 g/mol. The van der Waals surface area contributed by atoms with Crippen molar-refractivity contribution in [1.29, 1.82) is 0 Å². The summed E-state index contributed by atoms with van der Waals surface area (Å²) in [6, 6.07) is 0.216. The monoisotopic (exact) mass is 241 g/mol. The molecule has 0 aromatic rings. The van der Waals surface area contributed by atoms with Crippen LogP contribution in [0, 0.1) is 17.8 Å². The van der Waals surface area contributed by atoms with Crippen molar-refractivity contribution in [1.82, 2.24) is 5.32 Å². The van der Waals surface area contributed by atoms with Crippen LogP contribution in [-0.4, -0.2) is 37.4 Å². The van der Waals surface area contributed by atoms with Crippen LogP contribution < -0.4 is 5.32 Å². The van der Waals surface area contributed by atoms with Crippen molar-refractivity contribution in [2.24, 2.45) is 17.8 Å². The van der Waals surface area contributed by atoms with Crippen LogP contribution in [0.2, 0.25) is 0 Å². The minimum absolute atomic E-state index is 0.142. The summed E-state index contributed by atoms with van der Waals surface area (Å²) in [5.41, 5.74) is 0. The Labute approximate surface area is 103 Å². The van der Waals surface area contributed by atoms with E-state index < -0.39 is 5.97 Å². The van der Waals surface area contributed by atoms with Crippen LogP contribution in [-0.2, 0) is 9.53 Å². The summed E-state index contributed by atoms with van der Waals surface area (Å²) < 4.78 is 5.00. The minimum atomic E-state index is -0.605. The number of nitrogens with one attached hydrogen (secondary N) is 1. The van der Waals surface area contributed by atoms with Gasteiger partial charge in [-0.25, -0.2) is 0 Å². The average molecular weight is 241 g/mol. The first-order valence-corrected chi connectivity index (χ1v) is 6.69.